The van der Waals surface area contributed by atoms with Crippen LogP contribution in [0.25, 0.3) is 0 Å². The van der Waals surface area contributed by atoms with E-state index in [4.69, 9.17) is 0 Å². The van der Waals surface area contributed by atoms with Gasteiger partial charge in [0.1, 0.15) is 0 Å². The number of rotatable bonds is 0. The van der Waals surface area contributed by atoms with Crippen LogP contribution >= 0.6 is 0 Å². The van der Waals surface area contributed by atoms with Crippen molar-refractivity contribution >= 4 is 11.6 Å². The van der Waals surface area contributed by atoms with Crippen LogP contribution in [0, 0.1) is 17.8 Å². The van der Waals surface area contributed by atoms with Gasteiger partial charge >= 0.3 is 0 Å². The van der Waals surface area contributed by atoms with Crippen molar-refractivity contribution in [2.75, 3.05) is 0 Å². The number of carbonyl (C=O) groups is 2. The van der Waals surface area contributed by atoms with E-state index in [1.54, 1.807) is 12.1 Å². The predicted octanol–water partition coefficient (Wildman–Crippen LogP) is 3.12. The molecule has 3 unspecified atom stereocenters. The fourth-order valence-corrected chi connectivity index (χ4v) is 3.30. The van der Waals surface area contributed by atoms with Crippen LogP contribution < -0.4 is 0 Å². The Kier molecular flexibility index (Phi) is 2.39. The highest BCUT2D eigenvalue weighted by molar-refractivity contribution is 6.16. The molecule has 0 saturated heterocycles. The highest BCUT2D eigenvalue weighted by Gasteiger charge is 2.43. The van der Waals surface area contributed by atoms with E-state index >= 15 is 0 Å². The van der Waals surface area contributed by atoms with Crippen LogP contribution in [0.2, 0.25) is 0 Å². The van der Waals surface area contributed by atoms with Crippen LogP contribution in [0.3, 0.4) is 0 Å². The van der Waals surface area contributed by atoms with Crippen LogP contribution in [0.5, 0.6) is 0 Å². The summed E-state index contributed by atoms with van der Waals surface area (Å²) in [7, 11) is 0. The predicted molar refractivity (Wildman–Crippen MR) is 65.1 cm³/mol. The van der Waals surface area contributed by atoms with E-state index < -0.39 is 0 Å². The molecule has 1 aromatic carbocycles. The van der Waals surface area contributed by atoms with Crippen LogP contribution in [0.4, 0.5) is 0 Å². The Bertz CT molecular complexity index is 489. The molecule has 0 aromatic heterocycles. The van der Waals surface area contributed by atoms with Gasteiger partial charge in [0.2, 0.25) is 0 Å². The summed E-state index contributed by atoms with van der Waals surface area (Å²) >= 11 is 0. The van der Waals surface area contributed by atoms with Gasteiger partial charge in [-0.2, -0.15) is 0 Å². The first-order chi connectivity index (χ1) is 8.18. The minimum Gasteiger partial charge on any atom is -0.294 e. The van der Waals surface area contributed by atoms with Crippen molar-refractivity contribution in [2.45, 2.75) is 26.2 Å². The van der Waals surface area contributed by atoms with Gasteiger partial charge in [-0.1, -0.05) is 31.2 Å². The summed E-state index contributed by atoms with van der Waals surface area (Å²) in [5.41, 5.74) is 1.29. The van der Waals surface area contributed by atoms with Gasteiger partial charge in [0, 0.05) is 23.0 Å². The lowest BCUT2D eigenvalue weighted by Crippen LogP contribution is -2.40. The first kappa shape index (κ1) is 10.7. The Morgan fingerprint density at radius 1 is 0.941 bits per heavy atom. The van der Waals surface area contributed by atoms with Crippen molar-refractivity contribution in [2.24, 2.45) is 17.8 Å². The zero-order chi connectivity index (χ0) is 12.0. The van der Waals surface area contributed by atoms with Gasteiger partial charge in [-0.25, -0.2) is 0 Å². The first-order valence-corrected chi connectivity index (χ1v) is 6.36. The maximum absolute atomic E-state index is 12.4. The van der Waals surface area contributed by atoms with Crippen molar-refractivity contribution in [1.29, 1.82) is 0 Å². The van der Waals surface area contributed by atoms with E-state index in [0.717, 1.165) is 19.3 Å². The van der Waals surface area contributed by atoms with E-state index in [-0.39, 0.29) is 23.4 Å². The lowest BCUT2D eigenvalue weighted by Gasteiger charge is -2.36. The molecule has 0 amide bonds. The highest BCUT2D eigenvalue weighted by atomic mass is 16.1. The maximum atomic E-state index is 12.4. The standard InChI is InChI=1S/C15H16O2/c1-9-6-7-12-13(8-9)15(17)11-5-3-2-4-10(11)14(12)16/h2-5,9,12-13H,6-8H2,1H3. The Labute approximate surface area is 101 Å². The first-order valence-electron chi connectivity index (χ1n) is 6.36. The van der Waals surface area contributed by atoms with E-state index in [9.17, 15) is 9.59 Å². The Morgan fingerprint density at radius 3 is 2.18 bits per heavy atom. The van der Waals surface area contributed by atoms with Gasteiger partial charge in [0.05, 0.1) is 0 Å². The summed E-state index contributed by atoms with van der Waals surface area (Å²) in [4.78, 5) is 24.7. The summed E-state index contributed by atoms with van der Waals surface area (Å²) in [6.45, 7) is 2.18. The molecule has 1 saturated carbocycles. The molecular weight excluding hydrogens is 212 g/mol. The van der Waals surface area contributed by atoms with Gasteiger partial charge in [0.15, 0.2) is 11.6 Å². The molecule has 3 atom stereocenters. The molecule has 0 N–H and O–H groups in total. The number of fused-ring (bicyclic) bond motifs is 2. The van der Waals surface area contributed by atoms with Crippen LogP contribution in [0.1, 0.15) is 46.9 Å². The third-order valence-corrected chi connectivity index (χ3v) is 4.24. The third-order valence-electron chi connectivity index (χ3n) is 4.24. The number of hydrogen-bond acceptors (Lipinski definition) is 2. The van der Waals surface area contributed by atoms with Crippen LogP contribution in [-0.2, 0) is 0 Å². The molecule has 17 heavy (non-hydrogen) atoms. The molecule has 0 radical (unpaired) electrons. The van der Waals surface area contributed by atoms with Gasteiger partial charge < -0.3 is 0 Å². The quantitative estimate of drug-likeness (QED) is 0.683. The van der Waals surface area contributed by atoms with Crippen molar-refractivity contribution in [3.8, 4) is 0 Å². The van der Waals surface area contributed by atoms with Crippen LogP contribution in [-0.4, -0.2) is 11.6 Å². The average Bonchev–Trinajstić information content (AvgIpc) is 2.36. The zero-order valence-electron chi connectivity index (χ0n) is 9.98. The van der Waals surface area contributed by atoms with Gasteiger partial charge in [-0.05, 0) is 25.2 Å². The molecule has 88 valence electrons. The number of hydrogen-bond donors (Lipinski definition) is 0. The van der Waals surface area contributed by atoms with Crippen molar-refractivity contribution in [3.63, 3.8) is 0 Å². The second-order valence-electron chi connectivity index (χ2n) is 5.41. The summed E-state index contributed by atoms with van der Waals surface area (Å²) in [5, 5.41) is 0. The summed E-state index contributed by atoms with van der Waals surface area (Å²) in [6.07, 6.45) is 2.83. The Morgan fingerprint density at radius 2 is 1.53 bits per heavy atom. The molecular formula is C15H16O2. The molecule has 1 fully saturated rings. The van der Waals surface area contributed by atoms with Gasteiger partial charge in [-0.3, -0.25) is 9.59 Å². The molecule has 1 aromatic rings. The molecule has 2 aliphatic carbocycles. The minimum atomic E-state index is -0.0545. The van der Waals surface area contributed by atoms with E-state index in [1.807, 2.05) is 12.1 Å². The van der Waals surface area contributed by atoms with Crippen molar-refractivity contribution in [1.82, 2.24) is 0 Å². The van der Waals surface area contributed by atoms with E-state index in [2.05, 4.69) is 6.92 Å². The minimum absolute atomic E-state index is 0.0476. The smallest absolute Gasteiger partial charge is 0.167 e. The molecule has 3 rings (SSSR count). The largest absolute Gasteiger partial charge is 0.294 e. The normalized spacial score (nSPS) is 31.9. The number of Topliss-reactive ketones (excluding diaryl/α,β-unsaturated/α-hetero) is 2. The Balaban J connectivity index is 2.08. The zero-order valence-corrected chi connectivity index (χ0v) is 9.98. The lowest BCUT2D eigenvalue weighted by atomic mass is 9.65. The topological polar surface area (TPSA) is 34.1 Å². The van der Waals surface area contributed by atoms with Gasteiger partial charge in [0.25, 0.3) is 0 Å². The molecule has 0 spiro atoms. The molecule has 0 bridgehead atoms. The molecule has 0 aliphatic heterocycles. The third kappa shape index (κ3) is 1.54. The number of ketones is 2. The molecule has 2 aliphatic rings. The van der Waals surface area contributed by atoms with Crippen LogP contribution in [0.15, 0.2) is 24.3 Å². The molecule has 2 nitrogen and oxygen atoms in total. The summed E-state index contributed by atoms with van der Waals surface area (Å²) in [6, 6.07) is 7.28. The number of benzene rings is 1. The SMILES string of the molecule is CC1CCC2C(=O)c3ccccc3C(=O)C2C1. The Hall–Kier alpha value is -1.44. The lowest BCUT2D eigenvalue weighted by molar-refractivity contribution is 0.0638. The van der Waals surface area contributed by atoms with Gasteiger partial charge in [-0.15, -0.1) is 0 Å². The second-order valence-corrected chi connectivity index (χ2v) is 5.41. The maximum Gasteiger partial charge on any atom is 0.167 e. The highest BCUT2D eigenvalue weighted by Crippen LogP contribution is 2.41. The summed E-state index contributed by atoms with van der Waals surface area (Å²) < 4.78 is 0. The number of carbonyl (C=O) groups excluding carboxylic acids is 2. The average molecular weight is 228 g/mol. The fraction of sp³-hybridized carbons (Fsp3) is 0.467. The monoisotopic (exact) mass is 228 g/mol. The summed E-state index contributed by atoms with van der Waals surface area (Å²) in [5.74, 6) is 0.849. The fourth-order valence-electron chi connectivity index (χ4n) is 3.30. The molecule has 0 heterocycles. The van der Waals surface area contributed by atoms with Crippen molar-refractivity contribution in [3.05, 3.63) is 35.4 Å². The molecule has 2 heteroatoms. The second kappa shape index (κ2) is 3.80. The van der Waals surface area contributed by atoms with E-state index in [0.29, 0.717) is 17.0 Å². The van der Waals surface area contributed by atoms with Crippen molar-refractivity contribution < 1.29 is 9.59 Å². The van der Waals surface area contributed by atoms with E-state index in [1.165, 1.54) is 0 Å².